The Morgan fingerprint density at radius 2 is 1.91 bits per heavy atom. The molecule has 0 unspecified atom stereocenters. The molecule has 0 saturated carbocycles. The molecule has 1 aromatic carbocycles. The lowest BCUT2D eigenvalue weighted by atomic mass is 10.1. The van der Waals surface area contributed by atoms with Gasteiger partial charge in [-0.05, 0) is 45.9 Å². The summed E-state index contributed by atoms with van der Waals surface area (Å²) in [5, 5.41) is 0.544. The van der Waals surface area contributed by atoms with Crippen LogP contribution in [0.1, 0.15) is 42.4 Å². The molecule has 0 amide bonds. The van der Waals surface area contributed by atoms with E-state index in [1.807, 2.05) is 6.92 Å². The average Bonchev–Trinajstić information content (AvgIpc) is 2.55. The fourth-order valence-corrected chi connectivity index (χ4v) is 2.76. The number of pyridine rings is 1. The van der Waals surface area contributed by atoms with Gasteiger partial charge in [-0.2, -0.15) is 0 Å². The molecule has 1 heterocycles. The van der Waals surface area contributed by atoms with E-state index in [0.29, 0.717) is 24.1 Å². The maximum absolute atomic E-state index is 12.9. The molecule has 5 nitrogen and oxygen atoms in total. The number of fused-ring (bicyclic) bond motifs is 1. The van der Waals surface area contributed by atoms with Gasteiger partial charge < -0.3 is 14.6 Å². The van der Waals surface area contributed by atoms with E-state index in [1.54, 1.807) is 25.1 Å². The molecule has 2 aromatic rings. The van der Waals surface area contributed by atoms with Crippen molar-refractivity contribution in [2.75, 3.05) is 19.7 Å². The van der Waals surface area contributed by atoms with Gasteiger partial charge in [0.1, 0.15) is 6.54 Å². The van der Waals surface area contributed by atoms with Crippen LogP contribution in [-0.4, -0.2) is 30.6 Å². The van der Waals surface area contributed by atoms with Crippen LogP contribution in [-0.2, 0) is 11.3 Å². The molecule has 23 heavy (non-hydrogen) atoms. The van der Waals surface area contributed by atoms with E-state index in [4.69, 9.17) is 4.74 Å². The summed E-state index contributed by atoms with van der Waals surface area (Å²) < 4.78 is 5.01. The minimum Gasteiger partial charge on any atom is -0.462 e. The Kier molecular flexibility index (Phi) is 5.55. The number of rotatable bonds is 6. The van der Waals surface area contributed by atoms with E-state index in [2.05, 4.69) is 18.8 Å². The Balaban J connectivity index is 2.53. The van der Waals surface area contributed by atoms with E-state index in [-0.39, 0.29) is 5.43 Å². The van der Waals surface area contributed by atoms with Crippen molar-refractivity contribution < 1.29 is 14.4 Å². The number of carbonyl (C=O) groups excluding carboxylic acids is 1. The number of carbonyl (C=O) groups is 1. The number of aryl methyl sites for hydroxylation is 1. The summed E-state index contributed by atoms with van der Waals surface area (Å²) in [4.78, 5) is 29.4. The number of aromatic nitrogens is 1. The average molecular weight is 317 g/mol. The molecule has 0 saturated heterocycles. The van der Waals surface area contributed by atoms with Gasteiger partial charge in [-0.3, -0.25) is 4.79 Å². The van der Waals surface area contributed by atoms with E-state index < -0.39 is 5.97 Å². The van der Waals surface area contributed by atoms with Crippen LogP contribution in [0.3, 0.4) is 0 Å². The van der Waals surface area contributed by atoms with Crippen LogP contribution in [0.4, 0.5) is 0 Å². The van der Waals surface area contributed by atoms with Gasteiger partial charge in [0.15, 0.2) is 5.43 Å². The summed E-state index contributed by atoms with van der Waals surface area (Å²) in [5.41, 5.74) is 2.85. The van der Waals surface area contributed by atoms with Crippen molar-refractivity contribution in [3.63, 3.8) is 0 Å². The van der Waals surface area contributed by atoms with Gasteiger partial charge in [0.25, 0.3) is 0 Å². The number of quaternary nitrogens is 1. The van der Waals surface area contributed by atoms with Crippen LogP contribution in [0.25, 0.3) is 10.9 Å². The summed E-state index contributed by atoms with van der Waals surface area (Å²) in [7, 11) is 0. The van der Waals surface area contributed by atoms with Crippen molar-refractivity contribution in [2.45, 2.75) is 34.2 Å². The van der Waals surface area contributed by atoms with Gasteiger partial charge in [-0.25, -0.2) is 4.79 Å². The van der Waals surface area contributed by atoms with Gasteiger partial charge >= 0.3 is 5.97 Å². The summed E-state index contributed by atoms with van der Waals surface area (Å²) in [5.74, 6) is -0.398. The van der Waals surface area contributed by atoms with E-state index >= 15 is 0 Å². The largest absolute Gasteiger partial charge is 0.462 e. The number of ether oxygens (including phenoxy) is 1. The van der Waals surface area contributed by atoms with Crippen molar-refractivity contribution in [3.8, 4) is 0 Å². The van der Waals surface area contributed by atoms with Crippen molar-refractivity contribution in [3.05, 3.63) is 45.2 Å². The van der Waals surface area contributed by atoms with Crippen LogP contribution in [0.15, 0.2) is 23.0 Å². The molecule has 2 rings (SSSR count). The third kappa shape index (κ3) is 3.62. The molecule has 124 valence electrons. The first-order valence-corrected chi connectivity index (χ1v) is 8.17. The molecule has 0 fully saturated rings. The van der Waals surface area contributed by atoms with Crippen LogP contribution in [0.2, 0.25) is 0 Å². The summed E-state index contributed by atoms with van der Waals surface area (Å²) in [6, 6.07) is 5.09. The number of esters is 1. The lowest BCUT2D eigenvalue weighted by molar-refractivity contribution is -0.910. The second-order valence-electron chi connectivity index (χ2n) is 5.67. The highest BCUT2D eigenvalue weighted by Gasteiger charge is 2.16. The third-order valence-corrected chi connectivity index (χ3v) is 4.25. The molecule has 0 radical (unpaired) electrons. The van der Waals surface area contributed by atoms with Gasteiger partial charge in [0.05, 0.1) is 30.8 Å². The smallest absolute Gasteiger partial charge is 0.338 e. The van der Waals surface area contributed by atoms with E-state index in [1.165, 1.54) is 4.90 Å². The minimum atomic E-state index is -0.398. The summed E-state index contributed by atoms with van der Waals surface area (Å²) in [6.45, 7) is 10.9. The highest BCUT2D eigenvalue weighted by Crippen LogP contribution is 2.14. The Labute approximate surface area is 136 Å². The molecule has 0 aliphatic heterocycles. The lowest BCUT2D eigenvalue weighted by Gasteiger charge is -2.16. The highest BCUT2D eigenvalue weighted by molar-refractivity contribution is 5.94. The number of benzene rings is 1. The van der Waals surface area contributed by atoms with Crippen molar-refractivity contribution >= 4 is 16.9 Å². The van der Waals surface area contributed by atoms with Crippen LogP contribution >= 0.6 is 0 Å². The molecule has 0 atom stereocenters. The van der Waals surface area contributed by atoms with Gasteiger partial charge in [-0.1, -0.05) is 0 Å². The van der Waals surface area contributed by atoms with Crippen molar-refractivity contribution in [1.29, 1.82) is 0 Å². The van der Waals surface area contributed by atoms with Crippen LogP contribution in [0, 0.1) is 6.92 Å². The number of aromatic amines is 1. The number of hydrogen-bond donors (Lipinski definition) is 2. The lowest BCUT2D eigenvalue weighted by Crippen LogP contribution is -3.10. The number of hydrogen-bond acceptors (Lipinski definition) is 3. The topological polar surface area (TPSA) is 63.6 Å². The molecule has 0 aliphatic carbocycles. The zero-order valence-electron chi connectivity index (χ0n) is 14.3. The van der Waals surface area contributed by atoms with Crippen molar-refractivity contribution in [1.82, 2.24) is 4.98 Å². The minimum absolute atomic E-state index is 0.00167. The van der Waals surface area contributed by atoms with Gasteiger partial charge in [0.2, 0.25) is 0 Å². The van der Waals surface area contributed by atoms with E-state index in [0.717, 1.165) is 29.9 Å². The zero-order chi connectivity index (χ0) is 17.0. The predicted molar refractivity (Wildman–Crippen MR) is 91.0 cm³/mol. The second kappa shape index (κ2) is 7.42. The summed E-state index contributed by atoms with van der Waals surface area (Å²) >= 11 is 0. The quantitative estimate of drug-likeness (QED) is 0.793. The first-order valence-electron chi connectivity index (χ1n) is 8.17. The number of H-pyrrole nitrogens is 1. The Morgan fingerprint density at radius 3 is 2.52 bits per heavy atom. The van der Waals surface area contributed by atoms with Crippen LogP contribution in [0.5, 0.6) is 0 Å². The molecule has 2 N–H and O–H groups in total. The number of nitrogens with one attached hydrogen (secondary N) is 2. The Bertz CT molecular complexity index is 761. The molecule has 5 heteroatoms. The van der Waals surface area contributed by atoms with Gasteiger partial charge in [-0.15, -0.1) is 0 Å². The zero-order valence-corrected chi connectivity index (χ0v) is 14.3. The second-order valence-corrected chi connectivity index (χ2v) is 5.67. The highest BCUT2D eigenvalue weighted by atomic mass is 16.5. The maximum atomic E-state index is 12.9. The molecule has 0 spiro atoms. The molecule has 1 aromatic heterocycles. The third-order valence-electron chi connectivity index (χ3n) is 4.25. The molecule has 0 aliphatic rings. The van der Waals surface area contributed by atoms with E-state index in [9.17, 15) is 9.59 Å². The van der Waals surface area contributed by atoms with Crippen LogP contribution < -0.4 is 10.3 Å². The SMILES string of the molecule is CCOC(=O)c1ccc2[nH]c(C)c(C[NH+](CC)CC)c(=O)c2c1. The van der Waals surface area contributed by atoms with Crippen molar-refractivity contribution in [2.24, 2.45) is 0 Å². The monoisotopic (exact) mass is 317 g/mol. The maximum Gasteiger partial charge on any atom is 0.338 e. The molecular formula is C18H25N2O3+. The first kappa shape index (κ1) is 17.2. The fourth-order valence-electron chi connectivity index (χ4n) is 2.76. The predicted octanol–water partition coefficient (Wildman–Crippen LogP) is 1.44. The first-order chi connectivity index (χ1) is 11.0. The molecule has 0 bridgehead atoms. The Hall–Kier alpha value is -2.14. The normalized spacial score (nSPS) is 11.2. The fraction of sp³-hybridized carbons (Fsp3) is 0.444. The van der Waals surface area contributed by atoms with Gasteiger partial charge in [0, 0.05) is 16.6 Å². The standard InChI is InChI=1S/C18H24N2O3/c1-5-20(6-2)11-15-12(4)19-16-9-8-13(18(22)23-7-3)10-14(16)17(15)21/h8-10H,5-7,11H2,1-4H3,(H,19,21)/p+1. The summed E-state index contributed by atoms with van der Waals surface area (Å²) in [6.07, 6.45) is 0. The Morgan fingerprint density at radius 1 is 1.22 bits per heavy atom. The molecular weight excluding hydrogens is 292 g/mol.